The molecule has 0 aromatic heterocycles. The van der Waals surface area contributed by atoms with E-state index in [-0.39, 0.29) is 0 Å². The van der Waals surface area contributed by atoms with E-state index < -0.39 is 11.9 Å². The lowest BCUT2D eigenvalue weighted by molar-refractivity contribution is -0.159. The van der Waals surface area contributed by atoms with Crippen LogP contribution in [0.25, 0.3) is 0 Å². The molecule has 7 nitrogen and oxygen atoms in total. The van der Waals surface area contributed by atoms with Crippen molar-refractivity contribution in [1.82, 2.24) is 5.32 Å². The molecule has 3 aromatic carbocycles. The molecule has 3 N–H and O–H groups in total. The highest BCUT2D eigenvalue weighted by molar-refractivity contribution is 9.10. The van der Waals surface area contributed by atoms with Crippen molar-refractivity contribution in [3.05, 3.63) is 88.4 Å². The Balaban J connectivity index is 0.000000454. The van der Waals surface area contributed by atoms with E-state index >= 15 is 0 Å². The maximum Gasteiger partial charge on any atom is 0.414 e. The molecular formula is C25H24BrN3O4. The molecule has 170 valence electrons. The largest absolute Gasteiger partial charge is 0.473 e. The van der Waals surface area contributed by atoms with E-state index in [1.54, 1.807) is 0 Å². The first-order valence-corrected chi connectivity index (χ1v) is 11.1. The lowest BCUT2D eigenvalue weighted by atomic mass is 10.00. The van der Waals surface area contributed by atoms with E-state index in [0.29, 0.717) is 0 Å². The van der Waals surface area contributed by atoms with E-state index in [9.17, 15) is 0 Å². The van der Waals surface area contributed by atoms with Crippen LogP contribution in [-0.2, 0) is 9.59 Å². The van der Waals surface area contributed by atoms with Gasteiger partial charge in [0.15, 0.2) is 0 Å². The zero-order valence-electron chi connectivity index (χ0n) is 18.0. The number of para-hydroxylation sites is 3. The van der Waals surface area contributed by atoms with Gasteiger partial charge in [-0.1, -0.05) is 58.4 Å². The number of rotatable bonds is 5. The molecular weight excluding hydrogens is 486 g/mol. The van der Waals surface area contributed by atoms with Crippen LogP contribution in [0.5, 0.6) is 0 Å². The van der Waals surface area contributed by atoms with Crippen molar-refractivity contribution in [2.45, 2.75) is 6.42 Å². The standard InChI is InChI=1S/C23H22BrN3.C2H2O4/c1-25-14-7-15-27-21-12-4-2-10-19(21)23(17-8-6-9-18(24)16-17)26-20-11-3-5-13-22(20)27;3-1(4)2(5)6/h2-6,8-13,16,25H,7,14-15H2,1H3;(H,3,4)(H,5,6). The van der Waals surface area contributed by atoms with Crippen LogP contribution >= 0.6 is 15.9 Å². The summed E-state index contributed by atoms with van der Waals surface area (Å²) in [5, 5.41) is 18.0. The Morgan fingerprint density at radius 1 is 0.939 bits per heavy atom. The molecule has 1 aliphatic heterocycles. The first-order chi connectivity index (χ1) is 15.9. The van der Waals surface area contributed by atoms with Gasteiger partial charge in [-0.05, 0) is 50.3 Å². The molecule has 0 unspecified atom stereocenters. The average Bonchev–Trinajstić information content (AvgIpc) is 2.95. The number of hydrogen-bond donors (Lipinski definition) is 3. The molecule has 1 aliphatic rings. The summed E-state index contributed by atoms with van der Waals surface area (Å²) in [4.78, 5) is 25.7. The van der Waals surface area contributed by atoms with Crippen molar-refractivity contribution in [2.75, 3.05) is 25.0 Å². The van der Waals surface area contributed by atoms with E-state index in [4.69, 9.17) is 24.8 Å². The topological polar surface area (TPSA) is 102 Å². The molecule has 33 heavy (non-hydrogen) atoms. The number of hydrogen-bond acceptors (Lipinski definition) is 5. The van der Waals surface area contributed by atoms with Gasteiger partial charge < -0.3 is 20.4 Å². The van der Waals surface area contributed by atoms with Gasteiger partial charge in [-0.25, -0.2) is 14.6 Å². The van der Waals surface area contributed by atoms with Crippen molar-refractivity contribution in [3.63, 3.8) is 0 Å². The Morgan fingerprint density at radius 2 is 1.61 bits per heavy atom. The number of nitrogens with zero attached hydrogens (tertiary/aromatic N) is 2. The predicted molar refractivity (Wildman–Crippen MR) is 133 cm³/mol. The number of nitrogens with one attached hydrogen (secondary N) is 1. The molecule has 4 rings (SSSR count). The second-order valence-corrected chi connectivity index (χ2v) is 8.11. The van der Waals surface area contributed by atoms with Gasteiger partial charge in [0.05, 0.1) is 22.8 Å². The summed E-state index contributed by atoms with van der Waals surface area (Å²) >= 11 is 3.60. The third-order valence-electron chi connectivity index (χ3n) is 4.94. The van der Waals surface area contributed by atoms with Crippen molar-refractivity contribution in [3.8, 4) is 0 Å². The first kappa shape index (κ1) is 24.2. The number of benzene rings is 3. The highest BCUT2D eigenvalue weighted by Crippen LogP contribution is 2.40. The monoisotopic (exact) mass is 509 g/mol. The molecule has 0 fully saturated rings. The zero-order chi connectivity index (χ0) is 23.8. The van der Waals surface area contributed by atoms with E-state index in [0.717, 1.165) is 52.2 Å². The fraction of sp³-hybridized carbons (Fsp3) is 0.160. The highest BCUT2D eigenvalue weighted by Gasteiger charge is 2.23. The molecule has 0 atom stereocenters. The summed E-state index contributed by atoms with van der Waals surface area (Å²) in [5.74, 6) is -3.65. The van der Waals surface area contributed by atoms with Crippen molar-refractivity contribution >= 4 is 50.6 Å². The molecule has 3 aromatic rings. The summed E-state index contributed by atoms with van der Waals surface area (Å²) in [6.07, 6.45) is 1.06. The number of aliphatic imine (C=N–C) groups is 1. The van der Waals surface area contributed by atoms with Gasteiger partial charge in [0.2, 0.25) is 0 Å². The second kappa shape index (κ2) is 11.4. The molecule has 8 heteroatoms. The van der Waals surface area contributed by atoms with E-state index in [1.165, 1.54) is 5.69 Å². The molecule has 0 radical (unpaired) electrons. The minimum Gasteiger partial charge on any atom is -0.473 e. The second-order valence-electron chi connectivity index (χ2n) is 7.20. The minimum absolute atomic E-state index is 0.941. The third kappa shape index (κ3) is 6.06. The first-order valence-electron chi connectivity index (χ1n) is 10.3. The number of fused-ring (bicyclic) bond motifs is 2. The number of carboxylic acid groups (broad SMARTS) is 2. The fourth-order valence-electron chi connectivity index (χ4n) is 3.52. The quantitative estimate of drug-likeness (QED) is 0.336. The van der Waals surface area contributed by atoms with Crippen LogP contribution in [0.2, 0.25) is 0 Å². The third-order valence-corrected chi connectivity index (χ3v) is 5.44. The Labute approximate surface area is 200 Å². The maximum absolute atomic E-state index is 9.10. The van der Waals surface area contributed by atoms with Crippen molar-refractivity contribution < 1.29 is 19.8 Å². The van der Waals surface area contributed by atoms with Crippen LogP contribution in [0.4, 0.5) is 17.1 Å². The predicted octanol–water partition coefficient (Wildman–Crippen LogP) is 4.83. The minimum atomic E-state index is -1.82. The number of carbonyl (C=O) groups is 2. The molecule has 0 amide bonds. The number of carboxylic acids is 2. The van der Waals surface area contributed by atoms with Crippen molar-refractivity contribution in [1.29, 1.82) is 0 Å². The number of anilines is 2. The fourth-order valence-corrected chi connectivity index (χ4v) is 3.92. The lowest BCUT2D eigenvalue weighted by Crippen LogP contribution is -2.23. The van der Waals surface area contributed by atoms with Crippen LogP contribution in [0.1, 0.15) is 17.5 Å². The summed E-state index contributed by atoms with van der Waals surface area (Å²) in [7, 11) is 2.00. The number of halogens is 1. The van der Waals surface area contributed by atoms with Crippen LogP contribution in [0.3, 0.4) is 0 Å². The molecule has 0 saturated carbocycles. The van der Waals surface area contributed by atoms with Gasteiger partial charge in [0.25, 0.3) is 0 Å². The van der Waals surface area contributed by atoms with E-state index in [2.05, 4.69) is 92.9 Å². The van der Waals surface area contributed by atoms with Crippen LogP contribution in [0.15, 0.2) is 82.3 Å². The van der Waals surface area contributed by atoms with Gasteiger partial charge in [-0.3, -0.25) is 0 Å². The van der Waals surface area contributed by atoms with Gasteiger partial charge in [0.1, 0.15) is 0 Å². The molecule has 1 heterocycles. The van der Waals surface area contributed by atoms with E-state index in [1.807, 2.05) is 13.1 Å². The molecule has 0 aliphatic carbocycles. The summed E-state index contributed by atoms with van der Waals surface area (Å²) in [6, 6.07) is 25.4. The lowest BCUT2D eigenvalue weighted by Gasteiger charge is -2.26. The Kier molecular flexibility index (Phi) is 8.34. The Bertz CT molecular complexity index is 1170. The van der Waals surface area contributed by atoms with Crippen LogP contribution in [0, 0.1) is 0 Å². The maximum atomic E-state index is 9.10. The zero-order valence-corrected chi connectivity index (χ0v) is 19.6. The van der Waals surface area contributed by atoms with Gasteiger partial charge in [-0.15, -0.1) is 0 Å². The normalized spacial score (nSPS) is 11.8. The van der Waals surface area contributed by atoms with Gasteiger partial charge in [-0.2, -0.15) is 0 Å². The van der Waals surface area contributed by atoms with Crippen LogP contribution < -0.4 is 10.2 Å². The van der Waals surface area contributed by atoms with Gasteiger partial charge >= 0.3 is 11.9 Å². The van der Waals surface area contributed by atoms with Gasteiger partial charge in [0, 0.05) is 22.1 Å². The Morgan fingerprint density at radius 3 is 2.27 bits per heavy atom. The average molecular weight is 510 g/mol. The number of aliphatic carboxylic acids is 2. The summed E-state index contributed by atoms with van der Waals surface area (Å²) < 4.78 is 1.06. The summed E-state index contributed by atoms with van der Waals surface area (Å²) in [6.45, 7) is 1.93. The highest BCUT2D eigenvalue weighted by atomic mass is 79.9. The summed E-state index contributed by atoms with van der Waals surface area (Å²) in [5.41, 5.74) is 6.66. The Hall–Kier alpha value is -3.49. The molecule has 0 spiro atoms. The SMILES string of the molecule is CNCCCN1c2ccccc2N=C(c2cccc(Br)c2)c2ccccc21.O=C(O)C(=O)O. The smallest absolute Gasteiger partial charge is 0.414 e. The molecule has 0 bridgehead atoms. The van der Waals surface area contributed by atoms with Crippen molar-refractivity contribution in [2.24, 2.45) is 4.99 Å². The molecule has 0 saturated heterocycles. The van der Waals surface area contributed by atoms with Crippen LogP contribution in [-0.4, -0.2) is 48.0 Å².